The number of fused-ring (bicyclic) bond motifs is 1. The summed E-state index contributed by atoms with van der Waals surface area (Å²) < 4.78 is 0. The lowest BCUT2D eigenvalue weighted by Crippen LogP contribution is -2.26. The van der Waals surface area contributed by atoms with Crippen LogP contribution in [0, 0.1) is 17.3 Å². The normalized spacial score (nSPS) is 47.7. The average Bonchev–Trinajstić information content (AvgIpc) is 2.30. The molecule has 0 bridgehead atoms. The second-order valence-electron chi connectivity index (χ2n) is 2.82. The first kappa shape index (κ1) is 5.15. The number of carbonyl (C=O) groups excluding carboxylic acids is 2. The van der Waals surface area contributed by atoms with Gasteiger partial charge in [-0.25, -0.2) is 0 Å². The number of hydrogen-bond donors (Lipinski definition) is 0. The maximum absolute atomic E-state index is 10.7. The lowest BCUT2D eigenvalue weighted by molar-refractivity contribution is -0.111. The van der Waals surface area contributed by atoms with Crippen molar-refractivity contribution in [1.29, 1.82) is 0 Å². The zero-order chi connectivity index (χ0) is 6.65. The van der Waals surface area contributed by atoms with Crippen LogP contribution in [0.15, 0.2) is 0 Å². The van der Waals surface area contributed by atoms with Crippen LogP contribution in [-0.4, -0.2) is 12.1 Å². The molecule has 0 aliphatic heterocycles. The summed E-state index contributed by atoms with van der Waals surface area (Å²) in [6.45, 7) is 1.92. The molecule has 46 valence electrons. The fraction of sp³-hybridized carbons (Fsp3) is 0.571. The molecule has 2 heteroatoms. The molecule has 0 amide bonds. The van der Waals surface area contributed by atoms with Crippen LogP contribution >= 0.6 is 0 Å². The van der Waals surface area contributed by atoms with Crippen LogP contribution in [0.1, 0.15) is 13.3 Å². The van der Waals surface area contributed by atoms with Crippen LogP contribution in [0.2, 0.25) is 0 Å². The zero-order valence-corrected chi connectivity index (χ0v) is 5.10. The molecule has 0 N–H and O–H groups in total. The Kier molecular flexibility index (Phi) is 0.632. The summed E-state index contributed by atoms with van der Waals surface area (Å²) in [5, 5.41) is 0. The van der Waals surface area contributed by atoms with Gasteiger partial charge in [0.1, 0.15) is 5.41 Å². The van der Waals surface area contributed by atoms with Crippen LogP contribution in [0.25, 0.3) is 0 Å². The van der Waals surface area contributed by atoms with Gasteiger partial charge in [0.05, 0.1) is 5.92 Å². The van der Waals surface area contributed by atoms with Gasteiger partial charge in [-0.1, -0.05) is 6.92 Å². The Hall–Kier alpha value is -0.660. The molecule has 0 spiro atoms. The molecule has 2 saturated carbocycles. The SMILES string of the molecule is CC1C[C]2C(=O)C21[C]=O. The molecule has 2 fully saturated rings. The summed E-state index contributed by atoms with van der Waals surface area (Å²) in [6.07, 6.45) is 2.64. The van der Waals surface area contributed by atoms with Crippen LogP contribution in [-0.2, 0) is 9.59 Å². The molecule has 9 heavy (non-hydrogen) atoms. The molecule has 2 radical (unpaired) electrons. The first-order valence-corrected chi connectivity index (χ1v) is 3.04. The third kappa shape index (κ3) is 0.302. The van der Waals surface area contributed by atoms with Crippen molar-refractivity contribution < 1.29 is 9.59 Å². The smallest absolute Gasteiger partial charge is 0.214 e. The Morgan fingerprint density at radius 2 is 2.44 bits per heavy atom. The van der Waals surface area contributed by atoms with E-state index >= 15 is 0 Å². The van der Waals surface area contributed by atoms with Crippen molar-refractivity contribution in [3.05, 3.63) is 5.92 Å². The highest BCUT2D eigenvalue weighted by atomic mass is 16.2. The number of Topliss-reactive ketones (excluding diaryl/α,β-unsaturated/α-hetero) is 1. The van der Waals surface area contributed by atoms with Gasteiger partial charge in [0.2, 0.25) is 6.29 Å². The van der Waals surface area contributed by atoms with Crippen molar-refractivity contribution in [3.8, 4) is 0 Å². The van der Waals surface area contributed by atoms with Gasteiger partial charge in [-0.2, -0.15) is 0 Å². The highest BCUT2D eigenvalue weighted by Gasteiger charge is 2.77. The predicted molar refractivity (Wildman–Crippen MR) is 30.2 cm³/mol. The third-order valence-electron chi connectivity index (χ3n) is 2.46. The van der Waals surface area contributed by atoms with Gasteiger partial charge in [-0.3, -0.25) is 9.59 Å². The van der Waals surface area contributed by atoms with Crippen molar-refractivity contribution in [2.75, 3.05) is 0 Å². The Morgan fingerprint density at radius 3 is 2.56 bits per heavy atom. The molecule has 2 aliphatic rings. The van der Waals surface area contributed by atoms with Gasteiger partial charge in [0.15, 0.2) is 5.78 Å². The molecular weight excluding hydrogens is 116 g/mol. The lowest BCUT2D eigenvalue weighted by Gasteiger charge is -2.23. The molecule has 2 unspecified atom stereocenters. The van der Waals surface area contributed by atoms with Gasteiger partial charge >= 0.3 is 0 Å². The molecule has 0 saturated heterocycles. The first-order valence-electron chi connectivity index (χ1n) is 3.04. The standard InChI is InChI=1S/C7H6O2/c1-4-2-5-6(9)7(4,5)3-8/h4H,2H2,1H3. The number of hydrogen-bond acceptors (Lipinski definition) is 2. The maximum Gasteiger partial charge on any atom is 0.214 e. The highest BCUT2D eigenvalue weighted by Crippen LogP contribution is 2.67. The van der Waals surface area contributed by atoms with Gasteiger partial charge in [-0.05, 0) is 12.3 Å². The van der Waals surface area contributed by atoms with Crippen LogP contribution < -0.4 is 0 Å². The van der Waals surface area contributed by atoms with Crippen LogP contribution in [0.5, 0.6) is 0 Å². The minimum absolute atomic E-state index is 0.0463. The molecule has 2 atom stereocenters. The summed E-state index contributed by atoms with van der Waals surface area (Å²) >= 11 is 0. The van der Waals surface area contributed by atoms with E-state index in [0.717, 1.165) is 12.3 Å². The second-order valence-corrected chi connectivity index (χ2v) is 2.82. The molecule has 0 heterocycles. The van der Waals surface area contributed by atoms with Crippen LogP contribution in [0.4, 0.5) is 0 Å². The first-order chi connectivity index (χ1) is 4.23. The predicted octanol–water partition coefficient (Wildman–Crippen LogP) is 0.279. The van der Waals surface area contributed by atoms with Crippen molar-refractivity contribution in [3.63, 3.8) is 0 Å². The van der Waals surface area contributed by atoms with Crippen molar-refractivity contribution in [1.82, 2.24) is 0 Å². The molecule has 2 rings (SSSR count). The third-order valence-corrected chi connectivity index (χ3v) is 2.46. The van der Waals surface area contributed by atoms with E-state index in [1.807, 2.05) is 13.2 Å². The Labute approximate surface area is 53.2 Å². The van der Waals surface area contributed by atoms with E-state index in [1.165, 1.54) is 0 Å². The molecule has 2 nitrogen and oxygen atoms in total. The fourth-order valence-electron chi connectivity index (χ4n) is 1.63. The second kappa shape index (κ2) is 1.11. The topological polar surface area (TPSA) is 34.1 Å². The van der Waals surface area contributed by atoms with Crippen molar-refractivity contribution >= 4 is 12.1 Å². The van der Waals surface area contributed by atoms with E-state index in [2.05, 4.69) is 0 Å². The van der Waals surface area contributed by atoms with Gasteiger partial charge in [0, 0.05) is 0 Å². The number of ketones is 1. The highest BCUT2D eigenvalue weighted by molar-refractivity contribution is 6.29. The Morgan fingerprint density at radius 1 is 1.78 bits per heavy atom. The summed E-state index contributed by atoms with van der Waals surface area (Å²) in [7, 11) is 0. The molecule has 0 aromatic heterocycles. The fourth-order valence-corrected chi connectivity index (χ4v) is 1.63. The monoisotopic (exact) mass is 122 g/mol. The van der Waals surface area contributed by atoms with Crippen molar-refractivity contribution in [2.24, 2.45) is 11.3 Å². The summed E-state index contributed by atoms with van der Waals surface area (Å²) in [4.78, 5) is 20.9. The minimum Gasteiger partial charge on any atom is -0.298 e. The van der Waals surface area contributed by atoms with Gasteiger partial charge in [-0.15, -0.1) is 0 Å². The maximum atomic E-state index is 10.7. The van der Waals surface area contributed by atoms with E-state index in [9.17, 15) is 9.59 Å². The van der Waals surface area contributed by atoms with Gasteiger partial charge < -0.3 is 0 Å². The van der Waals surface area contributed by atoms with E-state index in [0.29, 0.717) is 0 Å². The van der Waals surface area contributed by atoms with E-state index < -0.39 is 5.41 Å². The quantitative estimate of drug-likeness (QED) is 0.468. The lowest BCUT2D eigenvalue weighted by atomic mass is 9.75. The Bertz CT molecular complexity index is 197. The van der Waals surface area contributed by atoms with Gasteiger partial charge in [0.25, 0.3) is 0 Å². The minimum atomic E-state index is -0.681. The van der Waals surface area contributed by atoms with E-state index in [4.69, 9.17) is 0 Å². The summed E-state index contributed by atoms with van der Waals surface area (Å²) in [5.74, 6) is 1.09. The number of rotatable bonds is 1. The Balaban J connectivity index is 2.32. The largest absolute Gasteiger partial charge is 0.298 e. The van der Waals surface area contributed by atoms with E-state index in [1.54, 1.807) is 0 Å². The van der Waals surface area contributed by atoms with E-state index in [-0.39, 0.29) is 11.7 Å². The average molecular weight is 122 g/mol. The molecule has 0 aromatic rings. The summed E-state index contributed by atoms with van der Waals surface area (Å²) in [5.41, 5.74) is -0.681. The number of carbonyl (C=O) groups is 1. The molecular formula is C7H6O2. The van der Waals surface area contributed by atoms with Crippen LogP contribution in [0.3, 0.4) is 0 Å². The van der Waals surface area contributed by atoms with Crippen molar-refractivity contribution in [2.45, 2.75) is 13.3 Å². The molecule has 0 aromatic carbocycles. The zero-order valence-electron chi connectivity index (χ0n) is 5.10. The summed E-state index contributed by atoms with van der Waals surface area (Å²) in [6, 6.07) is 0. The molecule has 2 aliphatic carbocycles.